The summed E-state index contributed by atoms with van der Waals surface area (Å²) in [6.45, 7) is 7.86. The molecule has 0 aliphatic carbocycles. The molecule has 0 bridgehead atoms. The summed E-state index contributed by atoms with van der Waals surface area (Å²) in [5, 5.41) is 0. The van der Waals surface area contributed by atoms with E-state index in [0.29, 0.717) is 6.61 Å². The van der Waals surface area contributed by atoms with E-state index in [1.165, 1.54) is 0 Å². The molecule has 4 unspecified atom stereocenters. The molecule has 2 rings (SSSR count). The standard InChI is InChI=1S/C15H27O9P2/c1-8-10(3)22-13(14(8)23-25(16)17)7-20-26(18)24-15-9(2)11(4)21-12(15)6-19-5/h8-15H,6-7H2,1-5H3/q+1/p+1/t8-,9-,10+,11+,12-,13-,14?,15?/m1/s1. The van der Waals surface area contributed by atoms with Gasteiger partial charge in [0.25, 0.3) is 0 Å². The molecule has 150 valence electrons. The monoisotopic (exact) mass is 414 g/mol. The van der Waals surface area contributed by atoms with Crippen LogP contribution in [0, 0.1) is 11.8 Å². The van der Waals surface area contributed by atoms with E-state index in [9.17, 15) is 9.13 Å². The van der Waals surface area contributed by atoms with Gasteiger partial charge in [0.05, 0.1) is 18.8 Å². The van der Waals surface area contributed by atoms with Crippen LogP contribution in [0.4, 0.5) is 0 Å². The molecule has 2 aliphatic rings. The van der Waals surface area contributed by atoms with E-state index >= 15 is 0 Å². The van der Waals surface area contributed by atoms with Gasteiger partial charge in [-0.05, 0) is 13.8 Å². The fraction of sp³-hybridized carbons (Fsp3) is 1.00. The van der Waals surface area contributed by atoms with Crippen LogP contribution in [0.5, 0.6) is 0 Å². The fourth-order valence-corrected chi connectivity index (χ4v) is 4.69. The van der Waals surface area contributed by atoms with Crippen LogP contribution >= 0.6 is 16.5 Å². The van der Waals surface area contributed by atoms with Crippen molar-refractivity contribution in [2.24, 2.45) is 11.8 Å². The summed E-state index contributed by atoms with van der Waals surface area (Å²) in [6.07, 6.45) is -2.14. The van der Waals surface area contributed by atoms with Crippen molar-refractivity contribution in [3.05, 3.63) is 0 Å². The lowest BCUT2D eigenvalue weighted by Gasteiger charge is -2.15. The molecule has 1 N–H and O–H groups in total. The zero-order chi connectivity index (χ0) is 19.4. The van der Waals surface area contributed by atoms with Crippen molar-refractivity contribution in [3.8, 4) is 0 Å². The maximum Gasteiger partial charge on any atom is 0.697 e. The van der Waals surface area contributed by atoms with Crippen LogP contribution in [0.3, 0.4) is 0 Å². The van der Waals surface area contributed by atoms with Crippen molar-refractivity contribution in [1.29, 1.82) is 0 Å². The largest absolute Gasteiger partial charge is 0.697 e. The maximum atomic E-state index is 12.3. The smallest absolute Gasteiger partial charge is 0.382 e. The first-order chi connectivity index (χ1) is 12.2. The highest BCUT2D eigenvalue weighted by atomic mass is 31.1. The lowest BCUT2D eigenvalue weighted by molar-refractivity contribution is -0.0294. The Hall–Kier alpha value is -0.0800. The molecular weight excluding hydrogens is 386 g/mol. The third-order valence-electron chi connectivity index (χ3n) is 5.12. The van der Waals surface area contributed by atoms with Crippen molar-refractivity contribution in [2.75, 3.05) is 20.3 Å². The summed E-state index contributed by atoms with van der Waals surface area (Å²) < 4.78 is 55.7. The summed E-state index contributed by atoms with van der Waals surface area (Å²) in [6, 6.07) is 0. The second-order valence-corrected chi connectivity index (χ2v) is 8.43. The second kappa shape index (κ2) is 9.92. The number of ether oxygens (including phenoxy) is 3. The fourth-order valence-electron chi connectivity index (χ4n) is 3.29. The molecule has 2 heterocycles. The van der Waals surface area contributed by atoms with Crippen LogP contribution in [0.1, 0.15) is 27.7 Å². The Morgan fingerprint density at radius 3 is 1.88 bits per heavy atom. The van der Waals surface area contributed by atoms with Gasteiger partial charge in [-0.1, -0.05) is 13.8 Å². The molecule has 2 saturated heterocycles. The summed E-state index contributed by atoms with van der Waals surface area (Å²) in [5.41, 5.74) is 0. The normalized spacial score (nSPS) is 41.5. The minimum Gasteiger partial charge on any atom is -0.382 e. The first kappa shape index (κ1) is 22.2. The number of hydrogen-bond donors (Lipinski definition) is 1. The molecule has 0 aromatic heterocycles. The van der Waals surface area contributed by atoms with E-state index in [-0.39, 0.29) is 36.8 Å². The van der Waals surface area contributed by atoms with Gasteiger partial charge in [-0.2, -0.15) is 0 Å². The Morgan fingerprint density at radius 1 is 0.885 bits per heavy atom. The van der Waals surface area contributed by atoms with E-state index in [2.05, 4.69) is 0 Å². The number of methoxy groups -OCH3 is 1. The van der Waals surface area contributed by atoms with Gasteiger partial charge in [-0.15, -0.1) is 18.5 Å². The predicted octanol–water partition coefficient (Wildman–Crippen LogP) is 2.57. The lowest BCUT2D eigenvalue weighted by Crippen LogP contribution is -2.32. The Labute approximate surface area is 155 Å². The Kier molecular flexibility index (Phi) is 8.47. The molecule has 0 aromatic rings. The zero-order valence-corrected chi connectivity index (χ0v) is 17.4. The quantitative estimate of drug-likeness (QED) is 0.569. The Morgan fingerprint density at radius 2 is 1.38 bits per heavy atom. The van der Waals surface area contributed by atoms with Crippen LogP contribution in [0.2, 0.25) is 0 Å². The average molecular weight is 414 g/mol. The third-order valence-corrected chi connectivity index (χ3v) is 6.32. The number of hydrogen-bond acceptors (Lipinski definition) is 8. The lowest BCUT2D eigenvalue weighted by atomic mass is 10.00. The topological polar surface area (TPSA) is 110 Å². The predicted molar refractivity (Wildman–Crippen MR) is 92.0 cm³/mol. The molecule has 9 nitrogen and oxygen atoms in total. The minimum atomic E-state index is -2.76. The zero-order valence-electron chi connectivity index (χ0n) is 15.6. The van der Waals surface area contributed by atoms with Crippen molar-refractivity contribution >= 4 is 16.5 Å². The van der Waals surface area contributed by atoms with Gasteiger partial charge in [-0.3, -0.25) is 0 Å². The van der Waals surface area contributed by atoms with Crippen LogP contribution in [0.25, 0.3) is 0 Å². The second-order valence-electron chi connectivity index (χ2n) is 6.83. The van der Waals surface area contributed by atoms with Gasteiger partial charge in [0.1, 0.15) is 31.0 Å². The van der Waals surface area contributed by atoms with E-state index in [0.717, 1.165) is 0 Å². The van der Waals surface area contributed by atoms with E-state index < -0.39 is 34.8 Å². The van der Waals surface area contributed by atoms with E-state index in [1.807, 2.05) is 27.7 Å². The van der Waals surface area contributed by atoms with Gasteiger partial charge in [0.2, 0.25) is 0 Å². The average Bonchev–Trinajstić information content (AvgIpc) is 2.98. The van der Waals surface area contributed by atoms with Gasteiger partial charge in [0.15, 0.2) is 0 Å². The van der Waals surface area contributed by atoms with Gasteiger partial charge >= 0.3 is 16.5 Å². The van der Waals surface area contributed by atoms with E-state index in [1.54, 1.807) is 7.11 Å². The number of rotatable bonds is 9. The molecular formula is C15H28O9P2+2. The third kappa shape index (κ3) is 5.47. The van der Waals surface area contributed by atoms with Gasteiger partial charge in [-0.25, -0.2) is 0 Å². The van der Waals surface area contributed by atoms with Crippen LogP contribution in [0.15, 0.2) is 0 Å². The highest BCUT2D eigenvalue weighted by molar-refractivity contribution is 7.33. The molecule has 0 amide bonds. The molecule has 0 aromatic carbocycles. The maximum absolute atomic E-state index is 12.3. The summed E-state index contributed by atoms with van der Waals surface area (Å²) >= 11 is 0. The molecule has 26 heavy (non-hydrogen) atoms. The van der Waals surface area contributed by atoms with Crippen molar-refractivity contribution in [3.63, 3.8) is 0 Å². The molecule has 0 saturated carbocycles. The molecule has 10 atom stereocenters. The molecule has 11 heteroatoms. The van der Waals surface area contributed by atoms with Crippen molar-refractivity contribution in [1.82, 2.24) is 0 Å². The minimum absolute atomic E-state index is 0.0370. The molecule has 2 aliphatic heterocycles. The molecule has 0 spiro atoms. The van der Waals surface area contributed by atoms with Crippen LogP contribution < -0.4 is 0 Å². The van der Waals surface area contributed by atoms with E-state index in [4.69, 9.17) is 32.7 Å². The first-order valence-electron chi connectivity index (χ1n) is 8.64. The highest BCUT2D eigenvalue weighted by Crippen LogP contribution is 2.39. The summed E-state index contributed by atoms with van der Waals surface area (Å²) in [4.78, 5) is 9.02. The van der Waals surface area contributed by atoms with Gasteiger partial charge in [0, 0.05) is 28.1 Å². The van der Waals surface area contributed by atoms with Crippen LogP contribution in [-0.2, 0) is 36.9 Å². The first-order valence-corrected chi connectivity index (χ1v) is 10.9. The summed E-state index contributed by atoms with van der Waals surface area (Å²) in [7, 11) is -3.61. The SMILES string of the molecule is COC[C@H]1O[C@@H](C)[C@@H](C)C1O[P+](=O)OC[C@H]1O[C@@H](C)[C@@H](C)C1O[P+](=O)O. The van der Waals surface area contributed by atoms with Crippen LogP contribution in [-0.4, -0.2) is 61.8 Å². The molecule has 2 fully saturated rings. The van der Waals surface area contributed by atoms with Crippen molar-refractivity contribution in [2.45, 2.75) is 64.3 Å². The summed E-state index contributed by atoms with van der Waals surface area (Å²) in [5.74, 6) is -0.0568. The van der Waals surface area contributed by atoms with Gasteiger partial charge < -0.3 is 14.2 Å². The Bertz CT molecular complexity index is 506. The van der Waals surface area contributed by atoms with Crippen molar-refractivity contribution < 1.29 is 41.8 Å². The Balaban J connectivity index is 1.88. The highest BCUT2D eigenvalue weighted by Gasteiger charge is 2.49. The molecule has 0 radical (unpaired) electrons.